The minimum atomic E-state index is -0.787. The highest BCUT2D eigenvalue weighted by molar-refractivity contribution is 5.65. The van der Waals surface area contributed by atoms with E-state index in [2.05, 4.69) is 25.1 Å². The molecule has 0 fully saturated rings. The number of aryl methyl sites for hydroxylation is 1. The lowest BCUT2D eigenvalue weighted by Crippen LogP contribution is -2.29. The Bertz CT molecular complexity index is 568. The molecule has 0 saturated carbocycles. The third kappa shape index (κ3) is 3.44. The monoisotopic (exact) mass is 254 g/mol. The summed E-state index contributed by atoms with van der Waals surface area (Å²) in [6, 6.07) is 16.1. The molecule has 0 heterocycles. The van der Waals surface area contributed by atoms with Gasteiger partial charge in [0.2, 0.25) is 0 Å². The van der Waals surface area contributed by atoms with Crippen molar-refractivity contribution in [3.63, 3.8) is 0 Å². The van der Waals surface area contributed by atoms with Gasteiger partial charge >= 0.3 is 0 Å². The predicted octanol–water partition coefficient (Wildman–Crippen LogP) is 4.02. The Hall–Kier alpha value is -2.09. The van der Waals surface area contributed by atoms with Crippen molar-refractivity contribution in [2.75, 3.05) is 0 Å². The average Bonchev–Trinajstić information content (AvgIpc) is 2.39. The second kappa shape index (κ2) is 5.27. The Labute approximate surface area is 114 Å². The van der Waals surface area contributed by atoms with Crippen LogP contribution in [0.3, 0.4) is 0 Å². The van der Waals surface area contributed by atoms with Gasteiger partial charge in [0.15, 0.2) is 11.9 Å². The number of carbonyl (C=O) groups excluding carboxylic acids is 1. The predicted molar refractivity (Wildman–Crippen MR) is 77.4 cm³/mol. The summed E-state index contributed by atoms with van der Waals surface area (Å²) < 4.78 is 5.60. The molecule has 2 rings (SSSR count). The van der Waals surface area contributed by atoms with Crippen molar-refractivity contribution < 1.29 is 9.53 Å². The smallest absolute Gasteiger partial charge is 0.162 e. The van der Waals surface area contributed by atoms with Gasteiger partial charge in [-0.1, -0.05) is 42.0 Å². The van der Waals surface area contributed by atoms with Gasteiger partial charge in [-0.15, -0.1) is 0 Å². The molecule has 0 bridgehead atoms. The Kier molecular flexibility index (Phi) is 3.70. The fraction of sp³-hybridized carbons (Fsp3) is 0.235. The number of ether oxygens (including phenoxy) is 1. The van der Waals surface area contributed by atoms with Crippen molar-refractivity contribution in [3.05, 3.63) is 54.1 Å². The molecule has 0 radical (unpaired) electrons. The van der Waals surface area contributed by atoms with Crippen molar-refractivity contribution in [1.29, 1.82) is 0 Å². The summed E-state index contributed by atoms with van der Waals surface area (Å²) >= 11 is 0. The molecule has 0 aliphatic carbocycles. The molecule has 19 heavy (non-hydrogen) atoms. The number of benzene rings is 2. The minimum Gasteiger partial charge on any atom is -0.480 e. The van der Waals surface area contributed by atoms with Crippen LogP contribution >= 0.6 is 0 Å². The van der Waals surface area contributed by atoms with Gasteiger partial charge in [-0.2, -0.15) is 0 Å². The van der Waals surface area contributed by atoms with E-state index in [1.54, 1.807) is 13.8 Å². The van der Waals surface area contributed by atoms with E-state index in [9.17, 15) is 4.79 Å². The Morgan fingerprint density at radius 2 is 1.68 bits per heavy atom. The topological polar surface area (TPSA) is 26.3 Å². The molecule has 0 aliphatic heterocycles. The molecule has 0 N–H and O–H groups in total. The Balaban J connectivity index is 2.21. The standard InChI is InChI=1S/C17H18O2/c1-13-5-4-6-15(11-13)14-7-9-16(10-8-14)19-17(2,3)12-18/h4-12H,1-3H3. The summed E-state index contributed by atoms with van der Waals surface area (Å²) in [5, 5.41) is 0. The summed E-state index contributed by atoms with van der Waals surface area (Å²) in [5.74, 6) is 0.702. The van der Waals surface area contributed by atoms with Crippen molar-refractivity contribution in [1.82, 2.24) is 0 Å². The Morgan fingerprint density at radius 1 is 1.00 bits per heavy atom. The maximum Gasteiger partial charge on any atom is 0.162 e. The summed E-state index contributed by atoms with van der Waals surface area (Å²) in [7, 11) is 0. The first-order chi connectivity index (χ1) is 9.00. The van der Waals surface area contributed by atoms with Crippen LogP contribution in [-0.4, -0.2) is 11.9 Å². The fourth-order valence-electron chi connectivity index (χ4n) is 1.87. The molecule has 0 unspecified atom stereocenters. The molecule has 2 nitrogen and oxygen atoms in total. The largest absolute Gasteiger partial charge is 0.480 e. The first-order valence-corrected chi connectivity index (χ1v) is 6.33. The van der Waals surface area contributed by atoms with E-state index in [1.165, 1.54) is 11.1 Å². The third-order valence-corrected chi connectivity index (χ3v) is 2.87. The second-order valence-electron chi connectivity index (χ2n) is 5.22. The van der Waals surface area contributed by atoms with E-state index < -0.39 is 5.60 Å². The van der Waals surface area contributed by atoms with Crippen LogP contribution < -0.4 is 4.74 Å². The molecule has 0 aliphatic rings. The summed E-state index contributed by atoms with van der Waals surface area (Å²) in [4.78, 5) is 10.8. The van der Waals surface area contributed by atoms with Gasteiger partial charge in [0.05, 0.1) is 0 Å². The van der Waals surface area contributed by atoms with Crippen LogP contribution in [-0.2, 0) is 4.79 Å². The molecule has 0 saturated heterocycles. The van der Waals surface area contributed by atoms with Crippen molar-refractivity contribution >= 4 is 6.29 Å². The van der Waals surface area contributed by atoms with E-state index in [1.807, 2.05) is 30.3 Å². The van der Waals surface area contributed by atoms with E-state index in [0.717, 1.165) is 11.8 Å². The zero-order valence-corrected chi connectivity index (χ0v) is 11.5. The lowest BCUT2D eigenvalue weighted by molar-refractivity contribution is -0.118. The number of hydrogen-bond donors (Lipinski definition) is 0. The first kappa shape index (κ1) is 13.3. The summed E-state index contributed by atoms with van der Waals surface area (Å²) in [5.41, 5.74) is 2.77. The van der Waals surface area contributed by atoms with Crippen molar-refractivity contribution in [2.45, 2.75) is 26.4 Å². The quantitative estimate of drug-likeness (QED) is 0.770. The maximum atomic E-state index is 10.8. The van der Waals surface area contributed by atoms with Gasteiger partial charge < -0.3 is 4.74 Å². The number of hydrogen-bond acceptors (Lipinski definition) is 2. The number of carbonyl (C=O) groups is 1. The SMILES string of the molecule is Cc1cccc(-c2ccc(OC(C)(C)C=O)cc2)c1. The van der Waals surface area contributed by atoms with Gasteiger partial charge in [0.25, 0.3) is 0 Å². The molecule has 0 atom stereocenters. The highest BCUT2D eigenvalue weighted by Crippen LogP contribution is 2.24. The van der Waals surface area contributed by atoms with Crippen LogP contribution in [0.2, 0.25) is 0 Å². The van der Waals surface area contributed by atoms with Gasteiger partial charge in [-0.25, -0.2) is 0 Å². The van der Waals surface area contributed by atoms with E-state index >= 15 is 0 Å². The second-order valence-corrected chi connectivity index (χ2v) is 5.22. The van der Waals surface area contributed by atoms with Gasteiger partial charge in [-0.05, 0) is 44.0 Å². The zero-order chi connectivity index (χ0) is 13.9. The van der Waals surface area contributed by atoms with Crippen LogP contribution in [0.4, 0.5) is 0 Å². The van der Waals surface area contributed by atoms with Crippen molar-refractivity contribution in [3.8, 4) is 16.9 Å². The number of rotatable bonds is 4. The van der Waals surface area contributed by atoms with Crippen LogP contribution in [0.15, 0.2) is 48.5 Å². The molecule has 2 aromatic rings. The minimum absolute atomic E-state index is 0.702. The van der Waals surface area contributed by atoms with Crippen LogP contribution in [0.25, 0.3) is 11.1 Å². The molecule has 0 amide bonds. The molecular weight excluding hydrogens is 236 g/mol. The molecule has 0 spiro atoms. The highest BCUT2D eigenvalue weighted by Gasteiger charge is 2.17. The van der Waals surface area contributed by atoms with Crippen LogP contribution in [0.1, 0.15) is 19.4 Å². The van der Waals surface area contributed by atoms with Crippen molar-refractivity contribution in [2.24, 2.45) is 0 Å². The molecule has 2 aromatic carbocycles. The lowest BCUT2D eigenvalue weighted by Gasteiger charge is -2.19. The summed E-state index contributed by atoms with van der Waals surface area (Å²) in [6.07, 6.45) is 0.807. The van der Waals surface area contributed by atoms with Crippen LogP contribution in [0.5, 0.6) is 5.75 Å². The first-order valence-electron chi connectivity index (χ1n) is 6.33. The normalized spacial score (nSPS) is 11.1. The Morgan fingerprint density at radius 3 is 2.26 bits per heavy atom. The van der Waals surface area contributed by atoms with Gasteiger partial charge in [0, 0.05) is 0 Å². The van der Waals surface area contributed by atoms with E-state index in [0.29, 0.717) is 5.75 Å². The molecule has 0 aromatic heterocycles. The maximum absolute atomic E-state index is 10.8. The zero-order valence-electron chi connectivity index (χ0n) is 11.5. The van der Waals surface area contributed by atoms with Gasteiger partial charge in [-0.3, -0.25) is 4.79 Å². The third-order valence-electron chi connectivity index (χ3n) is 2.87. The fourth-order valence-corrected chi connectivity index (χ4v) is 1.87. The van der Waals surface area contributed by atoms with E-state index in [-0.39, 0.29) is 0 Å². The van der Waals surface area contributed by atoms with Gasteiger partial charge in [0.1, 0.15) is 5.75 Å². The van der Waals surface area contributed by atoms with Crippen LogP contribution in [0, 0.1) is 6.92 Å². The lowest BCUT2D eigenvalue weighted by atomic mass is 10.0. The highest BCUT2D eigenvalue weighted by atomic mass is 16.5. The number of aldehydes is 1. The molecule has 2 heteroatoms. The summed E-state index contributed by atoms with van der Waals surface area (Å²) in [6.45, 7) is 5.57. The molecular formula is C17H18O2. The molecule has 98 valence electrons. The van der Waals surface area contributed by atoms with E-state index in [4.69, 9.17) is 4.74 Å². The average molecular weight is 254 g/mol.